The van der Waals surface area contributed by atoms with Crippen molar-refractivity contribution in [3.8, 4) is 22.3 Å². The minimum absolute atomic E-state index is 0.0933. The van der Waals surface area contributed by atoms with Gasteiger partial charge in [-0.25, -0.2) is 0 Å². The van der Waals surface area contributed by atoms with Gasteiger partial charge in [-0.15, -0.1) is 0 Å². The first kappa shape index (κ1) is 25.7. The third kappa shape index (κ3) is 4.12. The van der Waals surface area contributed by atoms with E-state index in [2.05, 4.69) is 186 Å². The Kier molecular flexibility index (Phi) is 5.95. The predicted octanol–water partition coefficient (Wildman–Crippen LogP) is 9.10. The Morgan fingerprint density at radius 2 is 0.756 bits per heavy atom. The molecule has 210 valence electrons. The maximum Gasteiger partial charge on any atom is 0.252 e. The fourth-order valence-corrected chi connectivity index (χ4v) is 7.26. The lowest BCUT2D eigenvalue weighted by Gasteiger charge is -2.44. The van der Waals surface area contributed by atoms with Gasteiger partial charge in [0.1, 0.15) is 0 Å². The minimum Gasteiger partial charge on any atom is -0.311 e. The number of nitrogens with zero attached hydrogens (tertiary/aromatic N) is 2. The number of rotatable bonds is 4. The van der Waals surface area contributed by atoms with Crippen LogP contribution in [-0.2, 0) is 0 Å². The van der Waals surface area contributed by atoms with Crippen LogP contribution in [0.2, 0.25) is 0 Å². The van der Waals surface area contributed by atoms with Crippen LogP contribution in [0, 0.1) is 0 Å². The maximum absolute atomic E-state index is 2.49. The highest BCUT2D eigenvalue weighted by Crippen LogP contribution is 2.46. The highest BCUT2D eigenvalue weighted by molar-refractivity contribution is 7.00. The Morgan fingerprint density at radius 3 is 1.36 bits per heavy atom. The molecule has 0 aromatic heterocycles. The van der Waals surface area contributed by atoms with Crippen molar-refractivity contribution >= 4 is 57.2 Å². The average Bonchev–Trinajstić information content (AvgIpc) is 3.12. The molecule has 0 fully saturated rings. The summed E-state index contributed by atoms with van der Waals surface area (Å²) < 4.78 is 0. The van der Waals surface area contributed by atoms with Crippen molar-refractivity contribution in [2.75, 3.05) is 9.80 Å². The third-order valence-electron chi connectivity index (χ3n) is 9.22. The summed E-state index contributed by atoms with van der Waals surface area (Å²) in [6.07, 6.45) is 0. The zero-order chi connectivity index (χ0) is 29.7. The van der Waals surface area contributed by atoms with E-state index < -0.39 is 0 Å². The zero-order valence-electron chi connectivity index (χ0n) is 24.7. The highest BCUT2D eigenvalue weighted by atomic mass is 15.2. The first-order chi connectivity index (χ1) is 22.3. The van der Waals surface area contributed by atoms with Crippen molar-refractivity contribution in [1.82, 2.24) is 0 Å². The lowest BCUT2D eigenvalue weighted by molar-refractivity contribution is 1.25. The van der Waals surface area contributed by atoms with E-state index in [0.717, 1.165) is 11.4 Å². The molecule has 0 saturated carbocycles. The van der Waals surface area contributed by atoms with Crippen molar-refractivity contribution < 1.29 is 0 Å². The number of fused-ring (bicyclic) bond motifs is 4. The Labute approximate surface area is 264 Å². The van der Waals surface area contributed by atoms with E-state index in [-0.39, 0.29) is 6.71 Å². The molecule has 0 aliphatic carbocycles. The van der Waals surface area contributed by atoms with Crippen molar-refractivity contribution in [3.63, 3.8) is 0 Å². The monoisotopic (exact) mass is 572 g/mol. The summed E-state index contributed by atoms with van der Waals surface area (Å²) >= 11 is 0. The van der Waals surface area contributed by atoms with Crippen molar-refractivity contribution in [2.24, 2.45) is 0 Å². The van der Waals surface area contributed by atoms with E-state index in [1.807, 2.05) is 0 Å². The van der Waals surface area contributed by atoms with E-state index >= 15 is 0 Å². The van der Waals surface area contributed by atoms with E-state index in [4.69, 9.17) is 0 Å². The SMILES string of the molecule is c1ccc(-c2ccc3c(c2)N(c2ccccc2)c2cc(-c4ccccc4)cc4c2B3c2ccccc2N4c2ccccc2)cc1. The van der Waals surface area contributed by atoms with Crippen molar-refractivity contribution in [2.45, 2.75) is 0 Å². The fourth-order valence-electron chi connectivity index (χ4n) is 7.26. The van der Waals surface area contributed by atoms with E-state index in [9.17, 15) is 0 Å². The lowest BCUT2D eigenvalue weighted by Crippen LogP contribution is -2.61. The molecule has 0 atom stereocenters. The van der Waals surface area contributed by atoms with Gasteiger partial charge >= 0.3 is 0 Å². The van der Waals surface area contributed by atoms with Gasteiger partial charge in [-0.05, 0) is 87.2 Å². The molecule has 0 amide bonds. The molecule has 0 saturated heterocycles. The summed E-state index contributed by atoms with van der Waals surface area (Å²) in [5, 5.41) is 0. The van der Waals surface area contributed by atoms with Gasteiger partial charge in [0, 0.05) is 34.1 Å². The maximum atomic E-state index is 2.49. The summed E-state index contributed by atoms with van der Waals surface area (Å²) in [6, 6.07) is 63.9. The lowest BCUT2D eigenvalue weighted by atomic mass is 9.33. The van der Waals surface area contributed by atoms with E-state index in [1.165, 1.54) is 61.4 Å². The van der Waals surface area contributed by atoms with Crippen LogP contribution >= 0.6 is 0 Å². The normalized spacial score (nSPS) is 12.8. The van der Waals surface area contributed by atoms with Crippen molar-refractivity contribution in [3.05, 3.63) is 176 Å². The highest BCUT2D eigenvalue weighted by Gasteiger charge is 2.43. The summed E-state index contributed by atoms with van der Waals surface area (Å²) in [4.78, 5) is 4.95. The molecule has 0 spiro atoms. The molecule has 7 aromatic carbocycles. The number of hydrogen-bond donors (Lipinski definition) is 0. The second-order valence-corrected chi connectivity index (χ2v) is 11.8. The van der Waals surface area contributed by atoms with Crippen molar-refractivity contribution in [1.29, 1.82) is 0 Å². The third-order valence-corrected chi connectivity index (χ3v) is 9.22. The molecule has 2 aliphatic rings. The largest absolute Gasteiger partial charge is 0.311 e. The van der Waals surface area contributed by atoms with Gasteiger partial charge in [-0.2, -0.15) is 0 Å². The smallest absolute Gasteiger partial charge is 0.252 e. The molecule has 9 rings (SSSR count). The molecule has 2 aliphatic heterocycles. The number of anilines is 6. The summed E-state index contributed by atoms with van der Waals surface area (Å²) in [6.45, 7) is 0.0933. The Hall–Kier alpha value is -5.80. The minimum atomic E-state index is 0.0933. The van der Waals surface area contributed by atoms with Crippen LogP contribution in [-0.4, -0.2) is 6.71 Å². The summed E-state index contributed by atoms with van der Waals surface area (Å²) in [5.74, 6) is 0. The first-order valence-electron chi connectivity index (χ1n) is 15.6. The second kappa shape index (κ2) is 10.4. The summed E-state index contributed by atoms with van der Waals surface area (Å²) in [7, 11) is 0. The molecule has 2 heterocycles. The predicted molar refractivity (Wildman–Crippen MR) is 191 cm³/mol. The van der Waals surface area contributed by atoms with Gasteiger partial charge in [-0.1, -0.05) is 127 Å². The Morgan fingerprint density at radius 1 is 0.311 bits per heavy atom. The van der Waals surface area contributed by atoms with Crippen LogP contribution in [0.4, 0.5) is 34.1 Å². The fraction of sp³-hybridized carbons (Fsp3) is 0. The standard InChI is InChI=1S/C42H29BN2/c1-5-15-30(16-6-1)32-25-26-37-39(27-32)45(35-21-11-4-12-22-35)41-29-33(31-17-7-2-8-18-31)28-40-42(41)43(37)36-23-13-14-24-38(36)44(40)34-19-9-3-10-20-34/h1-29H. The van der Waals surface area contributed by atoms with Gasteiger partial charge in [0.05, 0.1) is 0 Å². The first-order valence-corrected chi connectivity index (χ1v) is 15.6. The topological polar surface area (TPSA) is 6.48 Å². The molecule has 45 heavy (non-hydrogen) atoms. The molecule has 0 unspecified atom stereocenters. The zero-order valence-corrected chi connectivity index (χ0v) is 24.7. The van der Waals surface area contributed by atoms with Crippen LogP contribution in [0.3, 0.4) is 0 Å². The Bertz CT molecular complexity index is 2160. The van der Waals surface area contributed by atoms with Crippen LogP contribution < -0.4 is 26.2 Å². The molecule has 0 bridgehead atoms. The van der Waals surface area contributed by atoms with Gasteiger partial charge in [-0.3, -0.25) is 0 Å². The number of para-hydroxylation sites is 3. The van der Waals surface area contributed by atoms with E-state index in [0.29, 0.717) is 0 Å². The quantitative estimate of drug-likeness (QED) is 0.194. The van der Waals surface area contributed by atoms with Gasteiger partial charge < -0.3 is 9.80 Å². The van der Waals surface area contributed by atoms with Crippen LogP contribution in [0.1, 0.15) is 0 Å². The molecular formula is C42H29BN2. The van der Waals surface area contributed by atoms with Crippen LogP contribution in [0.25, 0.3) is 22.3 Å². The van der Waals surface area contributed by atoms with Gasteiger partial charge in [0.15, 0.2) is 0 Å². The van der Waals surface area contributed by atoms with Crippen LogP contribution in [0.5, 0.6) is 0 Å². The molecule has 0 radical (unpaired) electrons. The van der Waals surface area contributed by atoms with E-state index in [1.54, 1.807) is 0 Å². The van der Waals surface area contributed by atoms with Crippen LogP contribution in [0.15, 0.2) is 176 Å². The molecule has 2 nitrogen and oxygen atoms in total. The molecule has 0 N–H and O–H groups in total. The molecule has 3 heteroatoms. The average molecular weight is 573 g/mol. The number of hydrogen-bond acceptors (Lipinski definition) is 2. The Balaban J connectivity index is 1.40. The number of benzene rings is 7. The van der Waals surface area contributed by atoms with Gasteiger partial charge in [0.2, 0.25) is 0 Å². The summed E-state index contributed by atoms with van der Waals surface area (Å²) in [5.41, 5.74) is 16.0. The molecular weight excluding hydrogens is 543 g/mol. The van der Waals surface area contributed by atoms with Gasteiger partial charge in [0.25, 0.3) is 6.71 Å². The second-order valence-electron chi connectivity index (χ2n) is 11.8. The molecule has 7 aromatic rings.